The zero-order valence-corrected chi connectivity index (χ0v) is 7.14. The molecule has 0 aromatic heterocycles. The standard InChI is InChI=1S/C10H18/c1-7-5-9-4-3-8(2)10(9)6-7/h7-10H,3-6H2,1-2H3. The summed E-state index contributed by atoms with van der Waals surface area (Å²) < 4.78 is 0. The van der Waals surface area contributed by atoms with Crippen LogP contribution in [0.1, 0.15) is 39.5 Å². The zero-order valence-electron chi connectivity index (χ0n) is 7.14. The van der Waals surface area contributed by atoms with Gasteiger partial charge in [-0.25, -0.2) is 0 Å². The molecule has 0 N–H and O–H groups in total. The van der Waals surface area contributed by atoms with Gasteiger partial charge in [-0.3, -0.25) is 0 Å². The third-order valence-corrected chi connectivity index (χ3v) is 3.71. The fourth-order valence-electron chi connectivity index (χ4n) is 3.16. The normalized spacial score (nSPS) is 53.4. The van der Waals surface area contributed by atoms with Crippen LogP contribution >= 0.6 is 0 Å². The monoisotopic (exact) mass is 138 g/mol. The average Bonchev–Trinajstić information content (AvgIpc) is 2.35. The summed E-state index contributed by atoms with van der Waals surface area (Å²) in [5.41, 5.74) is 0. The second-order valence-electron chi connectivity index (χ2n) is 4.56. The highest BCUT2D eigenvalue weighted by atomic mass is 14.4. The number of fused-ring (bicyclic) bond motifs is 1. The fraction of sp³-hybridized carbons (Fsp3) is 1.00. The Morgan fingerprint density at radius 2 is 1.80 bits per heavy atom. The first-order chi connectivity index (χ1) is 4.77. The van der Waals surface area contributed by atoms with Gasteiger partial charge in [-0.15, -0.1) is 0 Å². The topological polar surface area (TPSA) is 0 Å². The second-order valence-corrected chi connectivity index (χ2v) is 4.56. The largest absolute Gasteiger partial charge is 0.0625 e. The molecule has 2 saturated carbocycles. The molecular formula is C10H18. The van der Waals surface area contributed by atoms with Crippen LogP contribution in [0.3, 0.4) is 0 Å². The molecule has 0 saturated heterocycles. The van der Waals surface area contributed by atoms with Crippen LogP contribution < -0.4 is 0 Å². The lowest BCUT2D eigenvalue weighted by Crippen LogP contribution is -2.04. The van der Waals surface area contributed by atoms with Crippen molar-refractivity contribution in [2.45, 2.75) is 39.5 Å². The molecule has 4 atom stereocenters. The zero-order chi connectivity index (χ0) is 7.14. The Labute approximate surface area is 64.0 Å². The van der Waals surface area contributed by atoms with Crippen LogP contribution in [-0.2, 0) is 0 Å². The van der Waals surface area contributed by atoms with Crippen LogP contribution in [0.5, 0.6) is 0 Å². The van der Waals surface area contributed by atoms with E-state index in [-0.39, 0.29) is 0 Å². The highest BCUT2D eigenvalue weighted by Gasteiger charge is 2.39. The minimum Gasteiger partial charge on any atom is -0.0625 e. The lowest BCUT2D eigenvalue weighted by Gasteiger charge is -2.12. The maximum Gasteiger partial charge on any atom is -0.0357 e. The average molecular weight is 138 g/mol. The number of hydrogen-bond acceptors (Lipinski definition) is 0. The van der Waals surface area contributed by atoms with Crippen LogP contribution in [-0.4, -0.2) is 0 Å². The number of rotatable bonds is 0. The third-order valence-electron chi connectivity index (χ3n) is 3.71. The van der Waals surface area contributed by atoms with Gasteiger partial charge in [0.1, 0.15) is 0 Å². The van der Waals surface area contributed by atoms with E-state index in [0.717, 1.165) is 23.7 Å². The lowest BCUT2D eigenvalue weighted by molar-refractivity contribution is 0.371. The summed E-state index contributed by atoms with van der Waals surface area (Å²) in [4.78, 5) is 0. The molecule has 0 heterocycles. The first-order valence-corrected chi connectivity index (χ1v) is 4.77. The first-order valence-electron chi connectivity index (χ1n) is 4.77. The molecule has 4 unspecified atom stereocenters. The molecule has 0 bridgehead atoms. The maximum atomic E-state index is 2.45. The van der Waals surface area contributed by atoms with Gasteiger partial charge in [0, 0.05) is 0 Å². The van der Waals surface area contributed by atoms with Crippen molar-refractivity contribution in [2.75, 3.05) is 0 Å². The minimum atomic E-state index is 1.04. The van der Waals surface area contributed by atoms with E-state index in [1.165, 1.54) is 25.7 Å². The Balaban J connectivity index is 2.05. The Morgan fingerprint density at radius 3 is 2.50 bits per heavy atom. The van der Waals surface area contributed by atoms with E-state index in [4.69, 9.17) is 0 Å². The van der Waals surface area contributed by atoms with Crippen molar-refractivity contribution in [1.82, 2.24) is 0 Å². The SMILES string of the molecule is CC1CC2CCC(C)C2C1. The summed E-state index contributed by atoms with van der Waals surface area (Å²) in [6.45, 7) is 4.87. The minimum absolute atomic E-state index is 1.04. The molecule has 0 aliphatic heterocycles. The van der Waals surface area contributed by atoms with Crippen molar-refractivity contribution in [1.29, 1.82) is 0 Å². The van der Waals surface area contributed by atoms with Gasteiger partial charge >= 0.3 is 0 Å². The summed E-state index contributed by atoms with van der Waals surface area (Å²) in [5.74, 6) is 4.34. The van der Waals surface area contributed by atoms with Crippen LogP contribution in [0.25, 0.3) is 0 Å². The maximum absolute atomic E-state index is 2.45. The molecule has 2 aliphatic rings. The summed E-state index contributed by atoms with van der Waals surface area (Å²) in [5, 5.41) is 0. The van der Waals surface area contributed by atoms with Crippen molar-refractivity contribution in [2.24, 2.45) is 23.7 Å². The summed E-state index contributed by atoms with van der Waals surface area (Å²) >= 11 is 0. The van der Waals surface area contributed by atoms with E-state index in [9.17, 15) is 0 Å². The summed E-state index contributed by atoms with van der Waals surface area (Å²) in [6.07, 6.45) is 6.12. The second kappa shape index (κ2) is 2.25. The molecule has 10 heavy (non-hydrogen) atoms. The van der Waals surface area contributed by atoms with Crippen LogP contribution in [0, 0.1) is 23.7 Å². The van der Waals surface area contributed by atoms with Gasteiger partial charge in [0.15, 0.2) is 0 Å². The predicted molar refractivity (Wildman–Crippen MR) is 43.8 cm³/mol. The van der Waals surface area contributed by atoms with E-state index in [1.54, 1.807) is 0 Å². The van der Waals surface area contributed by atoms with Crippen molar-refractivity contribution in [3.8, 4) is 0 Å². The van der Waals surface area contributed by atoms with Gasteiger partial charge in [0.25, 0.3) is 0 Å². The molecule has 0 nitrogen and oxygen atoms in total. The highest BCUT2D eigenvalue weighted by Crippen LogP contribution is 2.49. The Bertz CT molecular complexity index is 128. The van der Waals surface area contributed by atoms with Gasteiger partial charge in [0.05, 0.1) is 0 Å². The fourth-order valence-corrected chi connectivity index (χ4v) is 3.16. The van der Waals surface area contributed by atoms with Gasteiger partial charge in [-0.1, -0.05) is 20.3 Å². The lowest BCUT2D eigenvalue weighted by atomic mass is 9.93. The Kier molecular flexibility index (Phi) is 1.51. The molecule has 0 aromatic carbocycles. The van der Waals surface area contributed by atoms with E-state index < -0.39 is 0 Å². The van der Waals surface area contributed by atoms with E-state index in [1.807, 2.05) is 0 Å². The molecule has 0 amide bonds. The molecule has 0 radical (unpaired) electrons. The molecule has 2 rings (SSSR count). The van der Waals surface area contributed by atoms with Crippen molar-refractivity contribution in [3.05, 3.63) is 0 Å². The molecule has 58 valence electrons. The first kappa shape index (κ1) is 6.69. The van der Waals surface area contributed by atoms with Crippen LogP contribution in [0.4, 0.5) is 0 Å². The number of hydrogen-bond donors (Lipinski definition) is 0. The molecule has 2 fully saturated rings. The van der Waals surface area contributed by atoms with Crippen LogP contribution in [0.2, 0.25) is 0 Å². The Morgan fingerprint density at radius 1 is 1.00 bits per heavy atom. The van der Waals surface area contributed by atoms with Gasteiger partial charge in [-0.2, -0.15) is 0 Å². The van der Waals surface area contributed by atoms with E-state index in [0.29, 0.717) is 0 Å². The van der Waals surface area contributed by atoms with E-state index >= 15 is 0 Å². The summed E-state index contributed by atoms with van der Waals surface area (Å²) in [7, 11) is 0. The smallest absolute Gasteiger partial charge is 0.0357 e. The quantitative estimate of drug-likeness (QED) is 0.482. The van der Waals surface area contributed by atoms with E-state index in [2.05, 4.69) is 13.8 Å². The summed E-state index contributed by atoms with van der Waals surface area (Å²) in [6, 6.07) is 0. The van der Waals surface area contributed by atoms with Gasteiger partial charge in [-0.05, 0) is 42.9 Å². The molecular weight excluding hydrogens is 120 g/mol. The van der Waals surface area contributed by atoms with Crippen molar-refractivity contribution < 1.29 is 0 Å². The van der Waals surface area contributed by atoms with Crippen molar-refractivity contribution in [3.63, 3.8) is 0 Å². The van der Waals surface area contributed by atoms with Gasteiger partial charge < -0.3 is 0 Å². The highest BCUT2D eigenvalue weighted by molar-refractivity contribution is 4.89. The molecule has 0 aromatic rings. The van der Waals surface area contributed by atoms with Crippen LogP contribution in [0.15, 0.2) is 0 Å². The van der Waals surface area contributed by atoms with Crippen molar-refractivity contribution >= 4 is 0 Å². The molecule has 0 spiro atoms. The Hall–Kier alpha value is 0. The molecule has 0 heteroatoms. The van der Waals surface area contributed by atoms with Gasteiger partial charge in [0.2, 0.25) is 0 Å². The molecule has 2 aliphatic carbocycles. The predicted octanol–water partition coefficient (Wildman–Crippen LogP) is 3.08. The third kappa shape index (κ3) is 0.889.